The summed E-state index contributed by atoms with van der Waals surface area (Å²) in [4.78, 5) is 34.4. The number of ether oxygens (including phenoxy) is 2. The molecule has 8 nitrogen and oxygen atoms in total. The summed E-state index contributed by atoms with van der Waals surface area (Å²) in [5, 5.41) is 0. The van der Waals surface area contributed by atoms with Gasteiger partial charge in [-0.05, 0) is 56.7 Å². The maximum Gasteiger partial charge on any atom is 0.344 e. The first kappa shape index (κ1) is 21.3. The number of esters is 2. The van der Waals surface area contributed by atoms with Gasteiger partial charge in [-0.1, -0.05) is 19.1 Å². The fourth-order valence-electron chi connectivity index (χ4n) is 3.41. The highest BCUT2D eigenvalue weighted by molar-refractivity contribution is 6.09. The van der Waals surface area contributed by atoms with E-state index in [1.165, 1.54) is 0 Å². The molecule has 0 fully saturated rings. The number of nitrogens with two attached hydrogens (primary N) is 1. The predicted octanol–water partition coefficient (Wildman–Crippen LogP) is 4.29. The van der Waals surface area contributed by atoms with Gasteiger partial charge in [-0.2, -0.15) is 0 Å². The Hall–Kier alpha value is -3.94. The summed E-state index contributed by atoms with van der Waals surface area (Å²) in [5.74, 6) is -0.784. The van der Waals surface area contributed by atoms with E-state index in [1.54, 1.807) is 35.8 Å². The Kier molecular flexibility index (Phi) is 5.77. The number of nitrogen functional groups attached to an aromatic ring is 1. The van der Waals surface area contributed by atoms with E-state index in [-0.39, 0.29) is 17.5 Å². The van der Waals surface area contributed by atoms with Crippen LogP contribution in [0.2, 0.25) is 0 Å². The zero-order valence-electron chi connectivity index (χ0n) is 18.2. The molecule has 0 saturated carbocycles. The third-order valence-corrected chi connectivity index (χ3v) is 5.22. The van der Waals surface area contributed by atoms with Gasteiger partial charge in [0.1, 0.15) is 16.9 Å². The van der Waals surface area contributed by atoms with Crippen LogP contribution in [0.25, 0.3) is 27.9 Å². The maximum absolute atomic E-state index is 13.0. The highest BCUT2D eigenvalue weighted by atomic mass is 16.5. The number of aromatic nitrogens is 3. The van der Waals surface area contributed by atoms with Crippen LogP contribution < -0.4 is 5.73 Å². The molecular weight excluding hydrogens is 408 g/mol. The van der Waals surface area contributed by atoms with Gasteiger partial charge in [-0.15, -0.1) is 0 Å². The number of rotatable bonds is 6. The van der Waals surface area contributed by atoms with E-state index in [9.17, 15) is 9.59 Å². The van der Waals surface area contributed by atoms with Crippen molar-refractivity contribution >= 4 is 40.0 Å². The van der Waals surface area contributed by atoms with Crippen molar-refractivity contribution < 1.29 is 19.1 Å². The molecule has 8 heteroatoms. The van der Waals surface area contributed by atoms with Crippen molar-refractivity contribution in [2.75, 3.05) is 12.3 Å². The number of nitrogens with zero attached hydrogens (tertiary/aromatic N) is 3. The molecule has 0 unspecified atom stereocenters. The van der Waals surface area contributed by atoms with Crippen molar-refractivity contribution in [2.24, 2.45) is 0 Å². The second-order valence-electron chi connectivity index (χ2n) is 7.37. The Morgan fingerprint density at radius 1 is 1.00 bits per heavy atom. The second kappa shape index (κ2) is 8.66. The summed E-state index contributed by atoms with van der Waals surface area (Å²) in [5.41, 5.74) is 9.80. The first-order valence-corrected chi connectivity index (χ1v) is 10.5. The third-order valence-electron chi connectivity index (χ3n) is 5.22. The topological polar surface area (TPSA) is 109 Å². The van der Waals surface area contributed by atoms with E-state index in [0.29, 0.717) is 46.5 Å². The number of carbonyl (C=O) groups is 2. The fourth-order valence-corrected chi connectivity index (χ4v) is 3.41. The van der Waals surface area contributed by atoms with E-state index in [1.807, 2.05) is 38.1 Å². The minimum absolute atomic E-state index is 0.174. The number of anilines is 1. The third kappa shape index (κ3) is 3.75. The highest BCUT2D eigenvalue weighted by Gasteiger charge is 2.27. The quantitative estimate of drug-likeness (QED) is 0.453. The normalized spacial score (nSPS) is 12.1. The van der Waals surface area contributed by atoms with Crippen molar-refractivity contribution in [3.63, 3.8) is 0 Å². The summed E-state index contributed by atoms with van der Waals surface area (Å²) < 4.78 is 12.2. The van der Waals surface area contributed by atoms with E-state index in [4.69, 9.17) is 20.2 Å². The van der Waals surface area contributed by atoms with Gasteiger partial charge < -0.3 is 15.2 Å². The Labute approximate surface area is 185 Å². The number of fused-ring (bicyclic) bond motifs is 2. The van der Waals surface area contributed by atoms with Gasteiger partial charge in [0.15, 0.2) is 5.65 Å². The molecule has 0 aliphatic heterocycles. The fraction of sp³-hybridized carbons (Fsp3) is 0.250. The van der Waals surface area contributed by atoms with Crippen molar-refractivity contribution in [3.05, 3.63) is 59.7 Å². The van der Waals surface area contributed by atoms with Crippen LogP contribution in [-0.2, 0) is 9.47 Å². The summed E-state index contributed by atoms with van der Waals surface area (Å²) in [7, 11) is 0. The van der Waals surface area contributed by atoms with Crippen molar-refractivity contribution in [3.8, 4) is 5.69 Å². The van der Waals surface area contributed by atoms with Gasteiger partial charge in [-0.25, -0.2) is 19.6 Å². The zero-order valence-corrected chi connectivity index (χ0v) is 18.2. The van der Waals surface area contributed by atoms with Gasteiger partial charge in [0.2, 0.25) is 0 Å². The summed E-state index contributed by atoms with van der Waals surface area (Å²) >= 11 is 0. The lowest BCUT2D eigenvalue weighted by atomic mass is 10.2. The van der Waals surface area contributed by atoms with Crippen LogP contribution in [0.15, 0.2) is 48.5 Å². The van der Waals surface area contributed by atoms with Gasteiger partial charge in [0.05, 0.1) is 29.3 Å². The van der Waals surface area contributed by atoms with Crippen molar-refractivity contribution in [2.45, 2.75) is 33.3 Å². The summed E-state index contributed by atoms with van der Waals surface area (Å²) in [6.07, 6.45) is 0.409. The first-order chi connectivity index (χ1) is 15.4. The van der Waals surface area contributed by atoms with Crippen molar-refractivity contribution in [1.29, 1.82) is 0 Å². The average molecular weight is 432 g/mol. The molecule has 2 aromatic carbocycles. The monoisotopic (exact) mass is 432 g/mol. The standard InChI is InChI=1S/C24H24N4O4/c1-4-14(3)32-24(30)19-20-22(27-18-9-7-6-8-17(18)26-20)28(21(19)25)16-12-10-15(11-13-16)23(29)31-5-2/h6-14H,4-5,25H2,1-3H3/t14-/m1/s1. The molecule has 0 radical (unpaired) electrons. The Morgan fingerprint density at radius 2 is 1.66 bits per heavy atom. The lowest BCUT2D eigenvalue weighted by Crippen LogP contribution is -2.15. The van der Waals surface area contributed by atoms with E-state index >= 15 is 0 Å². The molecule has 0 aliphatic rings. The molecule has 0 aliphatic carbocycles. The molecule has 0 spiro atoms. The molecule has 4 rings (SSSR count). The molecule has 2 N–H and O–H groups in total. The number of hydrogen-bond donors (Lipinski definition) is 1. The maximum atomic E-state index is 13.0. The van der Waals surface area contributed by atoms with E-state index < -0.39 is 11.9 Å². The molecule has 164 valence electrons. The molecule has 0 bridgehead atoms. The number of benzene rings is 2. The molecule has 32 heavy (non-hydrogen) atoms. The molecule has 2 aromatic heterocycles. The van der Waals surface area contributed by atoms with E-state index in [2.05, 4.69) is 4.98 Å². The molecular formula is C24H24N4O4. The van der Waals surface area contributed by atoms with Crippen LogP contribution in [0.5, 0.6) is 0 Å². The second-order valence-corrected chi connectivity index (χ2v) is 7.37. The Morgan fingerprint density at radius 3 is 2.28 bits per heavy atom. The lowest BCUT2D eigenvalue weighted by molar-refractivity contribution is 0.0337. The van der Waals surface area contributed by atoms with Crippen molar-refractivity contribution in [1.82, 2.24) is 14.5 Å². The smallest absolute Gasteiger partial charge is 0.344 e. The molecule has 2 heterocycles. The van der Waals surface area contributed by atoms with E-state index in [0.717, 1.165) is 0 Å². The van der Waals surface area contributed by atoms with Crippen LogP contribution >= 0.6 is 0 Å². The molecule has 0 amide bonds. The molecule has 1 atom stereocenters. The first-order valence-electron chi connectivity index (χ1n) is 10.5. The zero-order chi connectivity index (χ0) is 22.8. The summed E-state index contributed by atoms with van der Waals surface area (Å²) in [6, 6.07) is 14.1. The van der Waals surface area contributed by atoms with Crippen LogP contribution in [0.3, 0.4) is 0 Å². The highest BCUT2D eigenvalue weighted by Crippen LogP contribution is 2.32. The van der Waals surface area contributed by atoms with Gasteiger partial charge in [0.25, 0.3) is 0 Å². The summed E-state index contributed by atoms with van der Waals surface area (Å²) in [6.45, 7) is 5.80. The Balaban J connectivity index is 1.92. The predicted molar refractivity (Wildman–Crippen MR) is 122 cm³/mol. The molecule has 0 saturated heterocycles. The van der Waals surface area contributed by atoms with Crippen LogP contribution in [0, 0.1) is 0 Å². The van der Waals surface area contributed by atoms with Gasteiger partial charge in [0, 0.05) is 5.69 Å². The number of carbonyl (C=O) groups excluding carboxylic acids is 2. The molecule has 4 aromatic rings. The SMILES string of the molecule is CCOC(=O)c1ccc(-n2c(N)c(C(=O)O[C@H](C)CC)c3nc4ccccc4nc32)cc1. The largest absolute Gasteiger partial charge is 0.462 e. The van der Waals surface area contributed by atoms with Crippen LogP contribution in [-0.4, -0.2) is 39.2 Å². The Bertz CT molecular complexity index is 1310. The number of para-hydroxylation sites is 2. The lowest BCUT2D eigenvalue weighted by Gasteiger charge is -2.11. The van der Waals surface area contributed by atoms with Crippen LogP contribution in [0.1, 0.15) is 47.9 Å². The van der Waals surface area contributed by atoms with Gasteiger partial charge >= 0.3 is 11.9 Å². The average Bonchev–Trinajstić information content (AvgIpc) is 3.08. The van der Waals surface area contributed by atoms with Crippen LogP contribution in [0.4, 0.5) is 5.82 Å². The minimum atomic E-state index is -0.548. The number of hydrogen-bond acceptors (Lipinski definition) is 7. The van der Waals surface area contributed by atoms with Gasteiger partial charge in [-0.3, -0.25) is 4.57 Å². The minimum Gasteiger partial charge on any atom is -0.462 e.